The van der Waals surface area contributed by atoms with Crippen LogP contribution in [0.25, 0.3) is 10.9 Å². The maximum Gasteiger partial charge on any atom is 0.229 e. The Labute approximate surface area is 164 Å². The molecule has 0 aliphatic heterocycles. The van der Waals surface area contributed by atoms with Gasteiger partial charge in [0.2, 0.25) is 5.95 Å². The maximum atomic E-state index is 13.6. The Bertz CT molecular complexity index is 1000. The fourth-order valence-corrected chi connectivity index (χ4v) is 3.52. The van der Waals surface area contributed by atoms with Crippen LogP contribution in [0.3, 0.4) is 0 Å². The van der Waals surface area contributed by atoms with Gasteiger partial charge in [-0.05, 0) is 81.0 Å². The highest BCUT2D eigenvalue weighted by molar-refractivity contribution is 5.92. The maximum absolute atomic E-state index is 13.6. The van der Waals surface area contributed by atoms with Gasteiger partial charge in [-0.25, -0.2) is 9.37 Å². The minimum atomic E-state index is -0.226. The molecule has 1 heterocycles. The number of hydrogen-bond acceptors (Lipinski definition) is 5. The van der Waals surface area contributed by atoms with Crippen molar-refractivity contribution in [1.82, 2.24) is 9.97 Å². The molecule has 1 aromatic heterocycles. The second-order valence-electron chi connectivity index (χ2n) is 7.61. The number of anilines is 3. The van der Waals surface area contributed by atoms with E-state index in [9.17, 15) is 4.39 Å². The number of para-hydroxylation sites is 1. The first-order valence-corrected chi connectivity index (χ1v) is 9.84. The van der Waals surface area contributed by atoms with E-state index in [4.69, 9.17) is 15.7 Å². The van der Waals surface area contributed by atoms with Crippen molar-refractivity contribution in [3.05, 3.63) is 53.3 Å². The Balaban J connectivity index is 1.76. The van der Waals surface area contributed by atoms with Gasteiger partial charge in [0, 0.05) is 17.1 Å². The second-order valence-corrected chi connectivity index (χ2v) is 7.61. The Morgan fingerprint density at radius 2 is 2.04 bits per heavy atom. The van der Waals surface area contributed by atoms with E-state index in [1.165, 1.54) is 18.9 Å². The molecule has 146 valence electrons. The zero-order valence-corrected chi connectivity index (χ0v) is 16.3. The van der Waals surface area contributed by atoms with Gasteiger partial charge in [-0.2, -0.15) is 4.98 Å². The third kappa shape index (κ3) is 3.92. The van der Waals surface area contributed by atoms with Crippen LogP contribution < -0.4 is 16.4 Å². The van der Waals surface area contributed by atoms with Crippen molar-refractivity contribution in [2.75, 3.05) is 17.2 Å². The molecular weight excluding hydrogens is 353 g/mol. The van der Waals surface area contributed by atoms with Gasteiger partial charge in [0.1, 0.15) is 11.6 Å². The van der Waals surface area contributed by atoms with Crippen molar-refractivity contribution >= 4 is 28.4 Å². The van der Waals surface area contributed by atoms with E-state index in [2.05, 4.69) is 23.6 Å². The minimum absolute atomic E-state index is 0.226. The molecule has 0 saturated heterocycles. The SMILES string of the molecule is Cc1cc(Nc2nc(N[C@H](C)C3CC3)c3cccc(CCN)c3n2)ccc1F. The Morgan fingerprint density at radius 1 is 1.21 bits per heavy atom. The average molecular weight is 379 g/mol. The van der Waals surface area contributed by atoms with Gasteiger partial charge in [0.05, 0.1) is 5.52 Å². The lowest BCUT2D eigenvalue weighted by Gasteiger charge is -2.18. The van der Waals surface area contributed by atoms with Crippen LogP contribution in [0.15, 0.2) is 36.4 Å². The first-order chi connectivity index (χ1) is 13.5. The smallest absolute Gasteiger partial charge is 0.229 e. The van der Waals surface area contributed by atoms with E-state index in [1.807, 2.05) is 12.1 Å². The van der Waals surface area contributed by atoms with Crippen LogP contribution in [0.1, 0.15) is 30.9 Å². The summed E-state index contributed by atoms with van der Waals surface area (Å²) in [5.41, 5.74) is 9.14. The van der Waals surface area contributed by atoms with E-state index in [0.717, 1.165) is 34.4 Å². The van der Waals surface area contributed by atoms with E-state index < -0.39 is 0 Å². The number of aryl methyl sites for hydroxylation is 1. The summed E-state index contributed by atoms with van der Waals surface area (Å²) < 4.78 is 13.6. The van der Waals surface area contributed by atoms with Crippen molar-refractivity contribution in [2.24, 2.45) is 11.7 Å². The summed E-state index contributed by atoms with van der Waals surface area (Å²) in [7, 11) is 0. The predicted molar refractivity (Wildman–Crippen MR) is 113 cm³/mol. The number of fused-ring (bicyclic) bond motifs is 1. The molecule has 3 aromatic rings. The highest BCUT2D eigenvalue weighted by atomic mass is 19.1. The molecule has 1 aliphatic carbocycles. The summed E-state index contributed by atoms with van der Waals surface area (Å²) in [6, 6.07) is 11.4. The summed E-state index contributed by atoms with van der Waals surface area (Å²) in [6.07, 6.45) is 3.27. The molecule has 2 aromatic carbocycles. The number of nitrogens with one attached hydrogen (secondary N) is 2. The van der Waals surface area contributed by atoms with E-state index in [0.29, 0.717) is 30.0 Å². The Kier molecular flexibility index (Phi) is 5.13. The van der Waals surface area contributed by atoms with Crippen LogP contribution in [0.5, 0.6) is 0 Å². The van der Waals surface area contributed by atoms with Crippen molar-refractivity contribution in [2.45, 2.75) is 39.2 Å². The van der Waals surface area contributed by atoms with Gasteiger partial charge in [-0.15, -0.1) is 0 Å². The molecule has 6 heteroatoms. The minimum Gasteiger partial charge on any atom is -0.367 e. The zero-order valence-electron chi connectivity index (χ0n) is 16.3. The lowest BCUT2D eigenvalue weighted by molar-refractivity contribution is 0.619. The molecule has 0 unspecified atom stereocenters. The Morgan fingerprint density at radius 3 is 2.75 bits per heavy atom. The van der Waals surface area contributed by atoms with Crippen molar-refractivity contribution in [3.8, 4) is 0 Å². The molecular formula is C22H26FN5. The van der Waals surface area contributed by atoms with E-state index in [-0.39, 0.29) is 5.82 Å². The first-order valence-electron chi connectivity index (χ1n) is 9.84. The van der Waals surface area contributed by atoms with Crippen LogP contribution in [0.2, 0.25) is 0 Å². The lowest BCUT2D eigenvalue weighted by Crippen LogP contribution is -2.19. The van der Waals surface area contributed by atoms with Crippen LogP contribution in [0.4, 0.5) is 21.8 Å². The summed E-state index contributed by atoms with van der Waals surface area (Å²) in [5, 5.41) is 7.81. The van der Waals surface area contributed by atoms with Crippen LogP contribution in [-0.2, 0) is 6.42 Å². The lowest BCUT2D eigenvalue weighted by atomic mass is 10.1. The highest BCUT2D eigenvalue weighted by Gasteiger charge is 2.28. The average Bonchev–Trinajstić information content (AvgIpc) is 3.51. The first kappa shape index (κ1) is 18.6. The number of hydrogen-bond donors (Lipinski definition) is 3. The van der Waals surface area contributed by atoms with Crippen LogP contribution >= 0.6 is 0 Å². The van der Waals surface area contributed by atoms with Crippen molar-refractivity contribution in [1.29, 1.82) is 0 Å². The van der Waals surface area contributed by atoms with Gasteiger partial charge in [0.25, 0.3) is 0 Å². The van der Waals surface area contributed by atoms with Crippen molar-refractivity contribution in [3.63, 3.8) is 0 Å². The third-order valence-corrected chi connectivity index (χ3v) is 5.33. The molecule has 1 saturated carbocycles. The largest absolute Gasteiger partial charge is 0.367 e. The number of nitrogens with two attached hydrogens (primary N) is 1. The summed E-state index contributed by atoms with van der Waals surface area (Å²) in [6.45, 7) is 4.50. The summed E-state index contributed by atoms with van der Waals surface area (Å²) in [5.74, 6) is 1.79. The Hall–Kier alpha value is -2.73. The highest BCUT2D eigenvalue weighted by Crippen LogP contribution is 2.35. The molecule has 4 rings (SSSR count). The molecule has 5 nitrogen and oxygen atoms in total. The van der Waals surface area contributed by atoms with Crippen LogP contribution in [-0.4, -0.2) is 22.6 Å². The summed E-state index contributed by atoms with van der Waals surface area (Å²) in [4.78, 5) is 9.50. The predicted octanol–water partition coefficient (Wildman–Crippen LogP) is 4.53. The normalized spacial score (nSPS) is 14.9. The summed E-state index contributed by atoms with van der Waals surface area (Å²) >= 11 is 0. The topological polar surface area (TPSA) is 75.9 Å². The molecule has 1 aliphatic rings. The van der Waals surface area contributed by atoms with Gasteiger partial charge in [-0.3, -0.25) is 0 Å². The van der Waals surface area contributed by atoms with Gasteiger partial charge >= 0.3 is 0 Å². The molecule has 4 N–H and O–H groups in total. The second kappa shape index (κ2) is 7.72. The number of rotatable bonds is 7. The number of aromatic nitrogens is 2. The third-order valence-electron chi connectivity index (χ3n) is 5.33. The van der Waals surface area contributed by atoms with Gasteiger partial charge in [0.15, 0.2) is 0 Å². The van der Waals surface area contributed by atoms with Gasteiger partial charge < -0.3 is 16.4 Å². The van der Waals surface area contributed by atoms with Crippen LogP contribution in [0, 0.1) is 18.7 Å². The monoisotopic (exact) mass is 379 g/mol. The molecule has 0 amide bonds. The molecule has 28 heavy (non-hydrogen) atoms. The molecule has 0 radical (unpaired) electrons. The molecule has 1 fully saturated rings. The standard InChI is InChI=1S/C22H26FN5/c1-13-12-17(8-9-19(13)23)26-22-27-20-16(10-11-24)4-3-5-18(20)21(28-22)25-14(2)15-6-7-15/h3-5,8-9,12,14-15H,6-7,10-11,24H2,1-2H3,(H2,25,26,27,28)/t14-/m1/s1. The number of halogens is 1. The fraction of sp³-hybridized carbons (Fsp3) is 0.364. The molecule has 0 spiro atoms. The number of benzene rings is 2. The fourth-order valence-electron chi connectivity index (χ4n) is 3.52. The van der Waals surface area contributed by atoms with E-state index in [1.54, 1.807) is 19.1 Å². The quantitative estimate of drug-likeness (QED) is 0.562. The number of nitrogens with zero attached hydrogens (tertiary/aromatic N) is 2. The van der Waals surface area contributed by atoms with Crippen molar-refractivity contribution < 1.29 is 4.39 Å². The molecule has 0 bridgehead atoms. The molecule has 1 atom stereocenters. The van der Waals surface area contributed by atoms with Gasteiger partial charge in [-0.1, -0.05) is 12.1 Å². The van der Waals surface area contributed by atoms with E-state index >= 15 is 0 Å². The zero-order chi connectivity index (χ0) is 19.7.